The molecule has 0 aromatic carbocycles. The summed E-state index contributed by atoms with van der Waals surface area (Å²) in [6.07, 6.45) is 13.9. The number of hydrogen-bond donors (Lipinski definition) is 5. The van der Waals surface area contributed by atoms with Gasteiger partial charge in [0.1, 0.15) is 12.6 Å². The van der Waals surface area contributed by atoms with E-state index in [0.717, 1.165) is 75.7 Å². The fourth-order valence-corrected chi connectivity index (χ4v) is 3.82. The Balaban J connectivity index is 4.69. The van der Waals surface area contributed by atoms with Crippen LogP contribution in [0.1, 0.15) is 52.4 Å². The van der Waals surface area contributed by atoms with Crippen LogP contribution in [-0.4, -0.2) is 109 Å². The second-order valence-corrected chi connectivity index (χ2v) is 10.1. The normalized spacial score (nSPS) is 14.0. The second-order valence-electron chi connectivity index (χ2n) is 10.1. The Labute approximate surface area is 227 Å². The number of amides is 1. The van der Waals surface area contributed by atoms with Gasteiger partial charge in [-0.2, -0.15) is 0 Å². The Morgan fingerprint density at radius 1 is 0.892 bits per heavy atom. The molecule has 2 unspecified atom stereocenters. The average molecular weight is 528 g/mol. The van der Waals surface area contributed by atoms with Crippen molar-refractivity contribution < 1.29 is 18.8 Å². The molecule has 0 bridgehead atoms. The van der Waals surface area contributed by atoms with E-state index in [1.165, 1.54) is 0 Å². The minimum Gasteiger partial charge on any atom is -0.374 e. The summed E-state index contributed by atoms with van der Waals surface area (Å²) in [5, 5.41) is 9.91. The van der Waals surface area contributed by atoms with Crippen LogP contribution in [0.3, 0.4) is 0 Å². The van der Waals surface area contributed by atoms with E-state index < -0.39 is 0 Å². The van der Waals surface area contributed by atoms with Crippen LogP contribution >= 0.6 is 0 Å². The molecule has 0 aliphatic carbocycles. The molecular formula is C28H59N6O3+. The molecule has 0 aliphatic rings. The summed E-state index contributed by atoms with van der Waals surface area (Å²) in [5.41, 5.74) is 11.2. The van der Waals surface area contributed by atoms with Crippen LogP contribution in [0, 0.1) is 0 Å². The van der Waals surface area contributed by atoms with Crippen molar-refractivity contribution in [3.8, 4) is 0 Å². The second kappa shape index (κ2) is 25.0. The molecule has 0 aromatic rings. The van der Waals surface area contributed by atoms with E-state index >= 15 is 0 Å². The molecule has 0 fully saturated rings. The molecule has 0 aliphatic heterocycles. The summed E-state index contributed by atoms with van der Waals surface area (Å²) < 4.78 is 12.7. The third kappa shape index (κ3) is 22.4. The SMILES string of the molecule is CCC=CCOCC(C[N+](C)(C)CCNC(=O)C(CCCNCCCN)NCCCN)OCC=CCC. The number of ether oxygens (including phenoxy) is 2. The standard InChI is InChI=1S/C28H58N6O3/c1-5-7-9-22-36-25-26(37-23-10-8-6-2)24-34(3,4)21-20-33-28(35)27(32-19-13-16-30)14-11-17-31-18-12-15-29/h7-10,26-27,31-32H,5-6,11-25,29-30H2,1-4H3/p+1. The molecule has 37 heavy (non-hydrogen) atoms. The summed E-state index contributed by atoms with van der Waals surface area (Å²) in [7, 11) is 4.34. The molecule has 7 N–H and O–H groups in total. The van der Waals surface area contributed by atoms with Crippen molar-refractivity contribution in [3.63, 3.8) is 0 Å². The van der Waals surface area contributed by atoms with E-state index in [9.17, 15) is 4.79 Å². The molecule has 0 spiro atoms. The molecule has 9 heteroatoms. The van der Waals surface area contributed by atoms with Gasteiger partial charge in [0.25, 0.3) is 0 Å². The highest BCUT2D eigenvalue weighted by molar-refractivity contribution is 5.81. The third-order valence-electron chi connectivity index (χ3n) is 5.96. The van der Waals surface area contributed by atoms with E-state index in [4.69, 9.17) is 20.9 Å². The van der Waals surface area contributed by atoms with Gasteiger partial charge in [-0.05, 0) is 71.2 Å². The first-order valence-electron chi connectivity index (χ1n) is 14.3. The maximum absolute atomic E-state index is 12.9. The van der Waals surface area contributed by atoms with Gasteiger partial charge in [0.2, 0.25) is 5.91 Å². The number of carbonyl (C=O) groups excluding carboxylic acids is 1. The molecule has 0 rings (SSSR count). The highest BCUT2D eigenvalue weighted by atomic mass is 16.5. The van der Waals surface area contributed by atoms with Gasteiger partial charge in [-0.25, -0.2) is 0 Å². The predicted octanol–water partition coefficient (Wildman–Crippen LogP) is 1.54. The van der Waals surface area contributed by atoms with Crippen LogP contribution in [-0.2, 0) is 14.3 Å². The number of carbonyl (C=O) groups is 1. The van der Waals surface area contributed by atoms with E-state index in [2.05, 4.69) is 68.2 Å². The third-order valence-corrected chi connectivity index (χ3v) is 5.96. The number of hydrogen-bond acceptors (Lipinski definition) is 7. The van der Waals surface area contributed by atoms with Crippen LogP contribution in [0.25, 0.3) is 0 Å². The Morgan fingerprint density at radius 3 is 2.22 bits per heavy atom. The van der Waals surface area contributed by atoms with Crippen molar-refractivity contribution in [2.24, 2.45) is 11.5 Å². The fourth-order valence-electron chi connectivity index (χ4n) is 3.82. The van der Waals surface area contributed by atoms with Crippen molar-refractivity contribution in [2.75, 3.05) is 86.3 Å². The number of nitrogens with two attached hydrogens (primary N) is 2. The number of likely N-dealkylation sites (N-methyl/N-ethyl adjacent to an activating group) is 1. The minimum absolute atomic E-state index is 0.0142. The number of nitrogens with zero attached hydrogens (tertiary/aromatic N) is 1. The molecule has 9 nitrogen and oxygen atoms in total. The zero-order valence-electron chi connectivity index (χ0n) is 24.3. The maximum atomic E-state index is 12.9. The smallest absolute Gasteiger partial charge is 0.237 e. The number of nitrogens with one attached hydrogen (secondary N) is 3. The summed E-state index contributed by atoms with van der Waals surface area (Å²) >= 11 is 0. The van der Waals surface area contributed by atoms with Crippen molar-refractivity contribution in [2.45, 2.75) is 64.5 Å². The van der Waals surface area contributed by atoms with E-state index in [0.29, 0.717) is 39.5 Å². The first-order valence-corrected chi connectivity index (χ1v) is 14.3. The van der Waals surface area contributed by atoms with E-state index in [-0.39, 0.29) is 18.1 Å². The van der Waals surface area contributed by atoms with Crippen molar-refractivity contribution in [3.05, 3.63) is 24.3 Å². The first kappa shape index (κ1) is 35.7. The van der Waals surface area contributed by atoms with Crippen LogP contribution < -0.4 is 27.4 Å². The molecule has 0 heterocycles. The molecule has 0 saturated heterocycles. The van der Waals surface area contributed by atoms with Gasteiger partial charge in [-0.1, -0.05) is 38.2 Å². The van der Waals surface area contributed by atoms with Gasteiger partial charge >= 0.3 is 0 Å². The van der Waals surface area contributed by atoms with E-state index in [1.54, 1.807) is 0 Å². The lowest BCUT2D eigenvalue weighted by molar-refractivity contribution is -0.892. The molecular weight excluding hydrogens is 468 g/mol. The summed E-state index contributed by atoms with van der Waals surface area (Å²) in [6.45, 7) is 12.0. The van der Waals surface area contributed by atoms with Gasteiger partial charge in [-0.3, -0.25) is 4.79 Å². The first-order chi connectivity index (χ1) is 17.9. The number of rotatable bonds is 26. The monoisotopic (exact) mass is 527 g/mol. The molecule has 0 radical (unpaired) electrons. The number of allylic oxidation sites excluding steroid dienone is 2. The van der Waals surface area contributed by atoms with Gasteiger partial charge < -0.3 is 41.4 Å². The lowest BCUT2D eigenvalue weighted by Gasteiger charge is -2.33. The Kier molecular flexibility index (Phi) is 24.1. The zero-order chi connectivity index (χ0) is 27.6. The summed E-state index contributed by atoms with van der Waals surface area (Å²) in [4.78, 5) is 12.9. The van der Waals surface area contributed by atoms with Gasteiger partial charge in [0, 0.05) is 0 Å². The van der Waals surface area contributed by atoms with Crippen LogP contribution in [0.2, 0.25) is 0 Å². The van der Waals surface area contributed by atoms with Crippen molar-refractivity contribution >= 4 is 5.91 Å². The quantitative estimate of drug-likeness (QED) is 0.0657. The van der Waals surface area contributed by atoms with Gasteiger partial charge in [0.15, 0.2) is 0 Å². The molecule has 1 amide bonds. The topological polar surface area (TPSA) is 124 Å². The van der Waals surface area contributed by atoms with Crippen molar-refractivity contribution in [1.82, 2.24) is 16.0 Å². The van der Waals surface area contributed by atoms with Crippen LogP contribution in [0.5, 0.6) is 0 Å². The molecule has 218 valence electrons. The molecule has 0 saturated carbocycles. The van der Waals surface area contributed by atoms with Crippen molar-refractivity contribution in [1.29, 1.82) is 0 Å². The summed E-state index contributed by atoms with van der Waals surface area (Å²) in [5.74, 6) is 0.0579. The van der Waals surface area contributed by atoms with Gasteiger partial charge in [0.05, 0.1) is 53.0 Å². The Bertz CT molecular complexity index is 586. The number of quaternary nitrogens is 1. The maximum Gasteiger partial charge on any atom is 0.237 e. The predicted molar refractivity (Wildman–Crippen MR) is 156 cm³/mol. The highest BCUT2D eigenvalue weighted by Crippen LogP contribution is 2.05. The lowest BCUT2D eigenvalue weighted by Crippen LogP contribution is -2.52. The summed E-state index contributed by atoms with van der Waals surface area (Å²) in [6, 6.07) is -0.204. The van der Waals surface area contributed by atoms with Gasteiger partial charge in [-0.15, -0.1) is 0 Å². The lowest BCUT2D eigenvalue weighted by atomic mass is 10.1. The molecule has 2 atom stereocenters. The Morgan fingerprint density at radius 2 is 1.54 bits per heavy atom. The largest absolute Gasteiger partial charge is 0.374 e. The zero-order valence-corrected chi connectivity index (χ0v) is 24.3. The molecule has 0 aromatic heterocycles. The minimum atomic E-state index is -0.204. The van der Waals surface area contributed by atoms with Crippen LogP contribution in [0.15, 0.2) is 24.3 Å². The average Bonchev–Trinajstić information content (AvgIpc) is 2.87. The Hall–Kier alpha value is -1.33. The fraction of sp³-hybridized carbons (Fsp3) is 0.821. The van der Waals surface area contributed by atoms with Crippen LogP contribution in [0.4, 0.5) is 0 Å². The highest BCUT2D eigenvalue weighted by Gasteiger charge is 2.24. The van der Waals surface area contributed by atoms with E-state index in [1.807, 2.05) is 0 Å².